The topological polar surface area (TPSA) is 177 Å². The molecule has 49 heavy (non-hydrogen) atoms. The fourth-order valence-corrected chi connectivity index (χ4v) is 6.67. The number of halogens is 1. The number of rotatable bonds is 17. The summed E-state index contributed by atoms with van der Waals surface area (Å²) in [5, 5.41) is 13.0. The fraction of sp³-hybridized carbons (Fsp3) is 0.472. The lowest BCUT2D eigenvalue weighted by atomic mass is 9.99. The Labute approximate surface area is 302 Å². The average Bonchev–Trinajstić information content (AvgIpc) is 3.47. The number of carbonyl (C=O) groups excluding carboxylic acids is 4. The molecule has 0 unspecified atom stereocenters. The van der Waals surface area contributed by atoms with Gasteiger partial charge in [0, 0.05) is 31.5 Å². The van der Waals surface area contributed by atoms with Crippen LogP contribution in [0.3, 0.4) is 0 Å². The highest BCUT2D eigenvalue weighted by molar-refractivity contribution is 14.1. The third-order valence-electron chi connectivity index (χ3n) is 8.65. The van der Waals surface area contributed by atoms with Gasteiger partial charge < -0.3 is 32.3 Å². The molecule has 0 radical (unpaired) electrons. The van der Waals surface area contributed by atoms with Crippen molar-refractivity contribution in [2.45, 2.75) is 89.5 Å². The van der Waals surface area contributed by atoms with E-state index in [2.05, 4.69) is 43.9 Å². The number of unbranched alkanes of at least 4 members (excludes halogenated alkanes) is 1. The molecule has 0 saturated carbocycles. The van der Waals surface area contributed by atoms with Crippen LogP contribution < -0.4 is 27.4 Å². The highest BCUT2D eigenvalue weighted by Crippen LogP contribution is 2.21. The first-order valence-electron chi connectivity index (χ1n) is 17.0. The Kier molecular flexibility index (Phi) is 14.6. The summed E-state index contributed by atoms with van der Waals surface area (Å²) in [6.45, 7) is 5.33. The molecular weight excluding hydrogens is 735 g/mol. The van der Waals surface area contributed by atoms with Gasteiger partial charge >= 0.3 is 0 Å². The minimum atomic E-state index is -0.984. The quantitative estimate of drug-likeness (QED) is 0.103. The zero-order valence-electron chi connectivity index (χ0n) is 28.3. The molecule has 0 saturated heterocycles. The third kappa shape index (κ3) is 11.4. The van der Waals surface area contributed by atoms with Crippen molar-refractivity contribution in [3.63, 3.8) is 0 Å². The molecule has 0 bridgehead atoms. The maximum absolute atomic E-state index is 13.9. The molecule has 1 aromatic heterocycles. The normalized spacial score (nSPS) is 15.1. The summed E-state index contributed by atoms with van der Waals surface area (Å²) >= 11 is 2.13. The van der Waals surface area contributed by atoms with Crippen molar-refractivity contribution in [1.29, 1.82) is 0 Å². The Balaban J connectivity index is 1.49. The van der Waals surface area contributed by atoms with Crippen LogP contribution in [0.1, 0.15) is 61.9 Å². The number of hydrogen-bond donors (Lipinski definition) is 5. The van der Waals surface area contributed by atoms with Crippen LogP contribution in [0.5, 0.6) is 0 Å². The van der Waals surface area contributed by atoms with Crippen molar-refractivity contribution in [1.82, 2.24) is 28.8 Å². The molecule has 2 heterocycles. The number of aromatic nitrogens is 2. The average molecular weight is 785 g/mol. The van der Waals surface area contributed by atoms with Gasteiger partial charge in [-0.25, -0.2) is 2.90 Å². The smallest absolute Gasteiger partial charge is 0.245 e. The van der Waals surface area contributed by atoms with Crippen LogP contribution in [0.25, 0.3) is 0 Å². The summed E-state index contributed by atoms with van der Waals surface area (Å²) in [6, 6.07) is 15.2. The third-order valence-corrected chi connectivity index (χ3v) is 9.48. The van der Waals surface area contributed by atoms with E-state index in [0.717, 1.165) is 22.4 Å². The molecule has 12 nitrogen and oxygen atoms in total. The second-order valence-corrected chi connectivity index (χ2v) is 14.0. The molecule has 1 aliphatic rings. The van der Waals surface area contributed by atoms with Gasteiger partial charge in [0.25, 0.3) is 0 Å². The number of amides is 4. The highest BCUT2D eigenvalue weighted by atomic mass is 127. The maximum atomic E-state index is 13.9. The van der Waals surface area contributed by atoms with E-state index in [1.807, 2.05) is 74.5 Å². The Bertz CT molecular complexity index is 1530. The van der Waals surface area contributed by atoms with E-state index in [0.29, 0.717) is 58.2 Å². The summed E-state index contributed by atoms with van der Waals surface area (Å²) < 4.78 is 1.80. The van der Waals surface area contributed by atoms with Crippen molar-refractivity contribution >= 4 is 46.5 Å². The van der Waals surface area contributed by atoms with Gasteiger partial charge in [-0.3, -0.25) is 19.2 Å². The molecule has 2 aromatic carbocycles. The monoisotopic (exact) mass is 784 g/mol. The molecule has 4 rings (SSSR count). The fourth-order valence-electron chi connectivity index (χ4n) is 6.00. The Morgan fingerprint density at radius 3 is 2.06 bits per heavy atom. The van der Waals surface area contributed by atoms with Crippen LogP contribution in [0.4, 0.5) is 0 Å². The molecule has 4 atom stereocenters. The van der Waals surface area contributed by atoms with E-state index in [1.54, 1.807) is 14.0 Å². The second kappa shape index (κ2) is 18.8. The predicted molar refractivity (Wildman–Crippen MR) is 197 cm³/mol. The van der Waals surface area contributed by atoms with Crippen LogP contribution >= 0.6 is 22.9 Å². The number of nitrogens with zero attached hydrogens (tertiary/aromatic N) is 3. The first-order valence-corrected chi connectivity index (χ1v) is 18.0. The summed E-state index contributed by atoms with van der Waals surface area (Å²) in [5.41, 5.74) is 15.8. The van der Waals surface area contributed by atoms with E-state index in [9.17, 15) is 19.2 Å². The number of hydrogen-bond acceptors (Lipinski definition) is 7. The van der Waals surface area contributed by atoms with Gasteiger partial charge in [-0.1, -0.05) is 74.5 Å². The lowest BCUT2D eigenvalue weighted by Crippen LogP contribution is -2.58. The molecule has 4 amide bonds. The summed E-state index contributed by atoms with van der Waals surface area (Å²) in [4.78, 5) is 56.7. The van der Waals surface area contributed by atoms with Gasteiger partial charge in [0.15, 0.2) is 0 Å². The maximum Gasteiger partial charge on any atom is 0.245 e. The molecule has 3 aromatic rings. The van der Waals surface area contributed by atoms with E-state index < -0.39 is 41.9 Å². The van der Waals surface area contributed by atoms with Crippen LogP contribution in [0.2, 0.25) is 0 Å². The van der Waals surface area contributed by atoms with Crippen molar-refractivity contribution in [3.05, 3.63) is 89.2 Å². The molecule has 0 fully saturated rings. The number of benzene rings is 2. The van der Waals surface area contributed by atoms with Gasteiger partial charge in [0.1, 0.15) is 18.1 Å². The Morgan fingerprint density at radius 1 is 0.837 bits per heavy atom. The van der Waals surface area contributed by atoms with Crippen molar-refractivity contribution < 1.29 is 19.2 Å². The van der Waals surface area contributed by atoms with Crippen molar-refractivity contribution in [2.75, 3.05) is 13.1 Å². The van der Waals surface area contributed by atoms with Gasteiger partial charge in [0.2, 0.25) is 23.6 Å². The Hall–Kier alpha value is -3.82. The number of nitrogens with two attached hydrogens (primary N) is 2. The van der Waals surface area contributed by atoms with E-state index in [-0.39, 0.29) is 18.2 Å². The molecule has 0 aliphatic carbocycles. The largest absolute Gasteiger partial charge is 0.343 e. The van der Waals surface area contributed by atoms with E-state index in [1.165, 1.54) is 0 Å². The minimum absolute atomic E-state index is 0.0502. The molecule has 13 heteroatoms. The molecule has 0 spiro atoms. The minimum Gasteiger partial charge on any atom is -0.343 e. The zero-order valence-corrected chi connectivity index (χ0v) is 30.5. The predicted octanol–water partition coefficient (Wildman–Crippen LogP) is 2.41. The van der Waals surface area contributed by atoms with Crippen LogP contribution in [-0.4, -0.2) is 73.8 Å². The lowest BCUT2D eigenvalue weighted by Gasteiger charge is -2.32. The summed E-state index contributed by atoms with van der Waals surface area (Å²) in [6.07, 6.45) is 5.09. The standard InChI is InChI=1S/C36H49IN8O4/c1-24(2)19-30(34(47)41-29(15-9-10-17-38)36(49)44-18-16-32-27(23-44)22-40-45(32)37)43-35(48)31(21-26-13-7-4-8-14-26)42-33(46)28(39)20-25-11-5-3-6-12-25/h3-8,11-14,22,24,28-31H,9-10,15-21,23,38-39H2,1-2H3,(H,41,47)(H,42,46)(H,43,48)/t28-,29-,30-,31-/m1/s1. The highest BCUT2D eigenvalue weighted by Gasteiger charge is 2.33. The van der Waals surface area contributed by atoms with Crippen LogP contribution in [-0.2, 0) is 45.0 Å². The first-order chi connectivity index (χ1) is 23.5. The second-order valence-electron chi connectivity index (χ2n) is 13.1. The van der Waals surface area contributed by atoms with Gasteiger partial charge in [-0.15, -0.1) is 0 Å². The van der Waals surface area contributed by atoms with Crippen molar-refractivity contribution in [3.8, 4) is 0 Å². The summed E-state index contributed by atoms with van der Waals surface area (Å²) in [5.74, 6) is -1.54. The summed E-state index contributed by atoms with van der Waals surface area (Å²) in [7, 11) is 0. The van der Waals surface area contributed by atoms with Crippen LogP contribution in [0, 0.1) is 5.92 Å². The van der Waals surface area contributed by atoms with Crippen molar-refractivity contribution in [2.24, 2.45) is 17.4 Å². The zero-order chi connectivity index (χ0) is 35.3. The van der Waals surface area contributed by atoms with E-state index in [4.69, 9.17) is 11.5 Å². The Morgan fingerprint density at radius 2 is 1.43 bits per heavy atom. The first kappa shape index (κ1) is 38.0. The van der Waals surface area contributed by atoms with Gasteiger partial charge in [-0.05, 0) is 55.7 Å². The van der Waals surface area contributed by atoms with Crippen LogP contribution in [0.15, 0.2) is 66.9 Å². The van der Waals surface area contributed by atoms with Gasteiger partial charge in [-0.2, -0.15) is 5.10 Å². The molecule has 1 aliphatic heterocycles. The number of carbonyl (C=O) groups is 4. The lowest BCUT2D eigenvalue weighted by molar-refractivity contribution is -0.138. The number of fused-ring (bicyclic) bond motifs is 1. The molecule has 7 N–H and O–H groups in total. The molecular formula is C36H49IN8O4. The number of nitrogens with one attached hydrogen (secondary N) is 3. The van der Waals surface area contributed by atoms with Gasteiger partial charge in [0.05, 0.1) is 40.8 Å². The van der Waals surface area contributed by atoms with E-state index >= 15 is 0 Å². The SMILES string of the molecule is CC(C)C[C@@H](NC(=O)[C@@H](Cc1ccccc1)NC(=O)[C@H](N)Cc1ccccc1)C(=O)N[C@H](CCCCN)C(=O)N1CCc2c(cnn2I)C1. The molecule has 264 valence electrons.